The first-order chi connectivity index (χ1) is 46.2. The fourth-order valence-electron chi connectivity index (χ4n) is 10.3. The average molecular weight is 1510 g/mol. The number of aliphatic hydroxyl groups is 3. The zero-order valence-corrected chi connectivity index (χ0v) is 59.0. The van der Waals surface area contributed by atoms with Crippen LogP contribution in [0.1, 0.15) is 51.2 Å². The summed E-state index contributed by atoms with van der Waals surface area (Å²) in [6, 6.07) is 11.4. The fourth-order valence-corrected chi connectivity index (χ4v) is 12.6. The first kappa shape index (κ1) is 82.6. The SMILES string of the molecule is CC(O)C(CO)NC(=O)C1CSSCC(NC(=O)C(Cc2ccccc2)NC(=O)CN(CCN(CCN(CC(=O)[O-])CC(=O)[O-])CC(=O)[O-])CC(=O)[O-])C(=O)NC(Cc2ccccc2)C(=O)NC(Cc2c[nH]c3ccccc23)C(=O)NC(CCCCN)C(=O)NC(C(C)O)C(=O)N1.[H+].[In+3]. The molecular weight excluding hydrogens is 1420 g/mol. The van der Waals surface area contributed by atoms with Gasteiger partial charge in [0.05, 0.1) is 55.3 Å². The summed E-state index contributed by atoms with van der Waals surface area (Å²) in [4.78, 5) is 170. The van der Waals surface area contributed by atoms with Crippen molar-refractivity contribution in [3.63, 3.8) is 0 Å². The number of aliphatic hydroxyl groups excluding tert-OH is 3. The monoisotopic (exact) mass is 1510 g/mol. The third-order valence-corrected chi connectivity index (χ3v) is 17.8. The second kappa shape index (κ2) is 42.8. The third-order valence-electron chi connectivity index (χ3n) is 15.4. The Balaban J connectivity index is 0.0000128. The number of H-pyrrole nitrogens is 1. The molecule has 32 nitrogen and oxygen atoms in total. The van der Waals surface area contributed by atoms with Crippen LogP contribution >= 0.6 is 21.6 Å². The number of nitrogens with zero attached hydrogens (tertiary/aromatic N) is 3. The van der Waals surface area contributed by atoms with Crippen LogP contribution in [0.3, 0.4) is 0 Å². The molecular formula is C63H84InN13O19S2. The molecule has 0 aliphatic carbocycles. The van der Waals surface area contributed by atoms with E-state index in [1.54, 1.807) is 91.1 Å². The number of amides is 8. The van der Waals surface area contributed by atoms with Crippen molar-refractivity contribution >= 4 is 129 Å². The van der Waals surface area contributed by atoms with Crippen LogP contribution in [0.4, 0.5) is 0 Å². The van der Waals surface area contributed by atoms with Crippen molar-refractivity contribution in [2.75, 3.05) is 83.6 Å². The summed E-state index contributed by atoms with van der Waals surface area (Å²) in [5, 5.41) is 99.6. The first-order valence-electron chi connectivity index (χ1n) is 31.2. The molecule has 0 bridgehead atoms. The van der Waals surface area contributed by atoms with Gasteiger partial charge in [0.2, 0.25) is 47.3 Å². The van der Waals surface area contributed by atoms with E-state index in [-0.39, 0.29) is 97.9 Å². The number of carbonyl (C=O) groups is 12. The number of para-hydroxylation sites is 1. The zero-order valence-electron chi connectivity index (χ0n) is 55.1. The van der Waals surface area contributed by atoms with Crippen LogP contribution in [-0.2, 0) is 76.8 Å². The van der Waals surface area contributed by atoms with Gasteiger partial charge in [0, 0.05) is 100 Å². The van der Waals surface area contributed by atoms with Crippen molar-refractivity contribution in [2.24, 2.45) is 5.73 Å². The standard InChI is InChI=1S/C63H87N13O19S2.In/c1-37(78)48(34-77)70-62(94)50-36-97-96-35-49(71-58(90)45(25-39-13-5-3-6-14-39)66-51(80)29-75(31-53(83)84)23-21-74(30-52(81)82)22-24-76(32-54(85)86)33-55(87)88)61(93)68-46(26-40-15-7-4-8-16-40)59(91)69-47(27-41-28-65-43-18-10-9-17-42(41)43)60(92)67-44(19-11-12-20-64)57(89)73-56(38(2)79)63(95)72-50;/h3-10,13-18,28,37-38,44-50,56,65,77-79H,11-12,19-27,29-36,64H2,1-2H3,(H,66,80)(H,67,92)(H,68,93)(H,69,91)(H,70,94)(H,71,90)(H,72,95)(H,73,89)(H,81,82)(H,83,84)(H,85,86)(H,87,88);/q;+3/p-3. The first-order valence-corrected chi connectivity index (χ1v) is 33.6. The van der Waals surface area contributed by atoms with Gasteiger partial charge in [-0.05, 0) is 62.4 Å². The number of carboxylic acids is 4. The van der Waals surface area contributed by atoms with Gasteiger partial charge in [-0.25, -0.2) is 0 Å². The Kier molecular flexibility index (Phi) is 36.1. The molecule has 1 aromatic heterocycles. The van der Waals surface area contributed by atoms with E-state index in [0.717, 1.165) is 31.4 Å². The summed E-state index contributed by atoms with van der Waals surface area (Å²) in [5.41, 5.74) is 8.05. The molecule has 10 unspecified atom stereocenters. The molecule has 14 N–H and O–H groups in total. The Bertz CT molecular complexity index is 3300. The van der Waals surface area contributed by atoms with Crippen molar-refractivity contribution in [3.8, 4) is 0 Å². The molecule has 4 aromatic rings. The van der Waals surface area contributed by atoms with Crippen LogP contribution < -0.4 is 68.7 Å². The predicted octanol–water partition coefficient (Wildman–Crippen LogP) is -9.01. The second-order valence-electron chi connectivity index (χ2n) is 23.2. The van der Waals surface area contributed by atoms with Crippen molar-refractivity contribution in [2.45, 2.75) is 113 Å². The van der Waals surface area contributed by atoms with E-state index >= 15 is 9.59 Å². The maximum atomic E-state index is 15.2. The van der Waals surface area contributed by atoms with Crippen LogP contribution in [0.25, 0.3) is 10.9 Å². The molecule has 10 atom stereocenters. The number of nitrogens with two attached hydrogens (primary N) is 1. The summed E-state index contributed by atoms with van der Waals surface area (Å²) in [6.45, 7) is -3.63. The van der Waals surface area contributed by atoms with Crippen molar-refractivity contribution in [1.29, 1.82) is 0 Å². The summed E-state index contributed by atoms with van der Waals surface area (Å²) in [5.74, 6) is -15.1. The van der Waals surface area contributed by atoms with Gasteiger partial charge in [-0.1, -0.05) is 100 Å². The number of aromatic amines is 1. The molecule has 0 spiro atoms. The van der Waals surface area contributed by atoms with Gasteiger partial charge in [0.25, 0.3) is 0 Å². The van der Waals surface area contributed by atoms with Crippen LogP contribution in [-0.4, -0.2) is 276 Å². The molecule has 35 heteroatoms. The number of benzene rings is 3. The van der Waals surface area contributed by atoms with Crippen molar-refractivity contribution < 1.29 is 94.7 Å². The van der Waals surface area contributed by atoms with Gasteiger partial charge >= 0.3 is 27.3 Å². The number of unbranched alkanes of at least 4 members (excludes halogenated alkanes) is 1. The summed E-state index contributed by atoms with van der Waals surface area (Å²) >= 11 is 0. The number of fused-ring (bicyclic) bond motifs is 1. The van der Waals surface area contributed by atoms with E-state index in [0.29, 0.717) is 34.0 Å². The average Bonchev–Trinajstić information content (AvgIpc) is 1.75. The maximum Gasteiger partial charge on any atom is 3.00 e. The normalized spacial score (nSPS) is 19.6. The van der Waals surface area contributed by atoms with E-state index in [1.165, 1.54) is 18.7 Å². The van der Waals surface area contributed by atoms with Gasteiger partial charge in [-0.2, -0.15) is 0 Å². The van der Waals surface area contributed by atoms with Crippen molar-refractivity contribution in [3.05, 3.63) is 108 Å². The number of aliphatic carboxylic acids is 4. The van der Waals surface area contributed by atoms with Crippen LogP contribution in [0.2, 0.25) is 0 Å². The van der Waals surface area contributed by atoms with Crippen LogP contribution in [0.5, 0.6) is 0 Å². The van der Waals surface area contributed by atoms with Gasteiger partial charge < -0.3 is 108 Å². The molecule has 0 radical (unpaired) electrons. The summed E-state index contributed by atoms with van der Waals surface area (Å²) in [7, 11) is 1.74. The number of nitrogens with one attached hydrogen (secondary N) is 9. The minimum Gasteiger partial charge on any atom is -0.549 e. The molecule has 1 fully saturated rings. The smallest absolute Gasteiger partial charge is 0.549 e. The number of hydrogen-bond donors (Lipinski definition) is 13. The summed E-state index contributed by atoms with van der Waals surface area (Å²) in [6.07, 6.45) is -1.40. The van der Waals surface area contributed by atoms with Gasteiger partial charge in [-0.15, -0.1) is 0 Å². The fraction of sp³-hybridized carbons (Fsp3) is 0.492. The minimum absolute atomic E-state index is 0. The Morgan fingerprint density at radius 3 is 1.69 bits per heavy atom. The number of rotatable bonds is 34. The topological polar surface area (TPSA) is 506 Å². The third kappa shape index (κ3) is 28.9. The zero-order chi connectivity index (χ0) is 71.1. The number of hydrogen-bond acceptors (Lipinski definition) is 25. The van der Waals surface area contributed by atoms with E-state index in [9.17, 15) is 83.7 Å². The number of carboxylic acid groups (broad SMARTS) is 4. The molecule has 98 heavy (non-hydrogen) atoms. The van der Waals surface area contributed by atoms with E-state index in [4.69, 9.17) is 5.73 Å². The molecule has 0 saturated carbocycles. The minimum atomic E-state index is -1.78. The summed E-state index contributed by atoms with van der Waals surface area (Å²) < 4.78 is 0. The van der Waals surface area contributed by atoms with Gasteiger partial charge in [-0.3, -0.25) is 53.1 Å². The molecule has 530 valence electrons. The number of aromatic nitrogens is 1. The van der Waals surface area contributed by atoms with Gasteiger partial charge in [0.1, 0.15) is 42.3 Å². The molecule has 8 amide bonds. The van der Waals surface area contributed by atoms with E-state index in [2.05, 4.69) is 47.5 Å². The molecule has 1 aliphatic heterocycles. The van der Waals surface area contributed by atoms with Crippen molar-refractivity contribution in [1.82, 2.24) is 62.2 Å². The Morgan fingerprint density at radius 2 is 1.12 bits per heavy atom. The quantitative estimate of drug-likeness (QED) is 0.0153. The molecule has 2 heterocycles. The Hall–Kier alpha value is -7.87. The molecule has 1 saturated heterocycles. The Morgan fingerprint density at radius 1 is 0.612 bits per heavy atom. The van der Waals surface area contributed by atoms with E-state index in [1.807, 2.05) is 0 Å². The number of carbonyl (C=O) groups excluding carboxylic acids is 12. The maximum absolute atomic E-state index is 15.2. The Labute approximate surface area is 593 Å². The molecule has 1 aliphatic rings. The predicted molar refractivity (Wildman–Crippen MR) is 352 cm³/mol. The van der Waals surface area contributed by atoms with Crippen LogP contribution in [0.15, 0.2) is 91.1 Å². The van der Waals surface area contributed by atoms with Gasteiger partial charge in [0.15, 0.2) is 0 Å². The second-order valence-corrected chi connectivity index (χ2v) is 25.7. The largest absolute Gasteiger partial charge is 3.00 e. The van der Waals surface area contributed by atoms with E-state index < -0.39 is 177 Å². The molecule has 3 aromatic carbocycles. The molecule has 5 rings (SSSR count). The van der Waals surface area contributed by atoms with Crippen LogP contribution in [0, 0.1) is 0 Å².